The summed E-state index contributed by atoms with van der Waals surface area (Å²) in [5.41, 5.74) is 2.74. The summed E-state index contributed by atoms with van der Waals surface area (Å²) < 4.78 is 0. The number of anilines is 1. The predicted octanol–water partition coefficient (Wildman–Crippen LogP) is 2.22. The van der Waals surface area contributed by atoms with Crippen molar-refractivity contribution >= 4 is 11.5 Å². The Balaban J connectivity index is 1.98. The molecule has 2 N–H and O–H groups in total. The molecule has 0 amide bonds. The van der Waals surface area contributed by atoms with Crippen molar-refractivity contribution < 1.29 is 4.79 Å². The van der Waals surface area contributed by atoms with Crippen LogP contribution in [0.5, 0.6) is 0 Å². The van der Waals surface area contributed by atoms with Crippen LogP contribution in [0.15, 0.2) is 36.5 Å². The Kier molecular flexibility index (Phi) is 3.00. The summed E-state index contributed by atoms with van der Waals surface area (Å²) in [7, 11) is 0. The fraction of sp³-hybridized carbons (Fsp3) is 0.167. The third-order valence-electron chi connectivity index (χ3n) is 2.33. The van der Waals surface area contributed by atoms with E-state index in [0.717, 1.165) is 16.9 Å². The summed E-state index contributed by atoms with van der Waals surface area (Å²) in [5.74, 6) is 0.0834. The topological polar surface area (TPSA) is 57.8 Å². The van der Waals surface area contributed by atoms with E-state index >= 15 is 0 Å². The summed E-state index contributed by atoms with van der Waals surface area (Å²) in [4.78, 5) is 11.1. The second-order valence-electron chi connectivity index (χ2n) is 3.57. The van der Waals surface area contributed by atoms with Gasteiger partial charge in [0.25, 0.3) is 0 Å². The normalized spacial score (nSPS) is 10.1. The van der Waals surface area contributed by atoms with E-state index in [2.05, 4.69) is 15.5 Å². The van der Waals surface area contributed by atoms with Crippen molar-refractivity contribution in [1.82, 2.24) is 10.2 Å². The van der Waals surface area contributed by atoms with E-state index in [1.165, 1.54) is 0 Å². The van der Waals surface area contributed by atoms with Crippen molar-refractivity contribution in [3.05, 3.63) is 47.8 Å². The minimum Gasteiger partial charge on any atom is -0.379 e. The number of hydrogen-bond acceptors (Lipinski definition) is 3. The van der Waals surface area contributed by atoms with Crippen molar-refractivity contribution in [3.63, 3.8) is 0 Å². The molecular weight excluding hydrogens is 202 g/mol. The molecule has 82 valence electrons. The quantitative estimate of drug-likeness (QED) is 0.769. The molecule has 0 spiro atoms. The summed E-state index contributed by atoms with van der Waals surface area (Å²) in [6.07, 6.45) is 1.72. The van der Waals surface area contributed by atoms with Crippen LogP contribution in [0.2, 0.25) is 0 Å². The highest BCUT2D eigenvalue weighted by Gasteiger charge is 1.99. The van der Waals surface area contributed by atoms with Gasteiger partial charge >= 0.3 is 0 Å². The van der Waals surface area contributed by atoms with Gasteiger partial charge in [0.15, 0.2) is 5.78 Å². The zero-order valence-electron chi connectivity index (χ0n) is 9.03. The van der Waals surface area contributed by atoms with Crippen LogP contribution < -0.4 is 5.32 Å². The molecule has 0 radical (unpaired) electrons. The van der Waals surface area contributed by atoms with Crippen molar-refractivity contribution in [2.75, 3.05) is 5.32 Å². The molecule has 0 saturated carbocycles. The molecule has 0 bridgehead atoms. The minimum atomic E-state index is 0.0834. The molecule has 2 rings (SSSR count). The third-order valence-corrected chi connectivity index (χ3v) is 2.33. The highest BCUT2D eigenvalue weighted by molar-refractivity contribution is 5.94. The molecule has 1 heterocycles. The Morgan fingerprint density at radius 2 is 2.06 bits per heavy atom. The molecule has 0 fully saturated rings. The van der Waals surface area contributed by atoms with E-state index < -0.39 is 0 Å². The number of ketones is 1. The van der Waals surface area contributed by atoms with Crippen LogP contribution in [-0.4, -0.2) is 16.0 Å². The molecule has 0 atom stereocenters. The maximum atomic E-state index is 11.1. The molecule has 0 saturated heterocycles. The highest BCUT2D eigenvalue weighted by Crippen LogP contribution is 2.10. The second-order valence-corrected chi connectivity index (χ2v) is 3.57. The average Bonchev–Trinajstić information content (AvgIpc) is 2.80. The molecular formula is C12H13N3O. The molecule has 1 aromatic carbocycles. The number of aromatic amines is 1. The average molecular weight is 215 g/mol. The smallest absolute Gasteiger partial charge is 0.159 e. The molecule has 2 aromatic rings. The van der Waals surface area contributed by atoms with Gasteiger partial charge in [-0.2, -0.15) is 5.10 Å². The van der Waals surface area contributed by atoms with E-state index in [-0.39, 0.29) is 5.78 Å². The number of H-pyrrole nitrogens is 1. The summed E-state index contributed by atoms with van der Waals surface area (Å²) >= 11 is 0. The Morgan fingerprint density at radius 1 is 1.31 bits per heavy atom. The second kappa shape index (κ2) is 4.61. The lowest BCUT2D eigenvalue weighted by molar-refractivity contribution is 0.101. The lowest BCUT2D eigenvalue weighted by Gasteiger charge is -2.04. The van der Waals surface area contributed by atoms with Crippen LogP contribution in [0.4, 0.5) is 5.69 Å². The Morgan fingerprint density at radius 3 is 2.62 bits per heavy atom. The van der Waals surface area contributed by atoms with Crippen LogP contribution in [0.25, 0.3) is 0 Å². The van der Waals surface area contributed by atoms with E-state index in [0.29, 0.717) is 6.54 Å². The fourth-order valence-electron chi connectivity index (χ4n) is 1.40. The predicted molar refractivity (Wildman–Crippen MR) is 62.4 cm³/mol. The van der Waals surface area contributed by atoms with Gasteiger partial charge in [0.2, 0.25) is 0 Å². The Labute approximate surface area is 93.7 Å². The first-order valence-electron chi connectivity index (χ1n) is 5.09. The number of aromatic nitrogens is 2. The number of hydrogen-bond donors (Lipinski definition) is 2. The molecule has 0 unspecified atom stereocenters. The van der Waals surface area contributed by atoms with Crippen LogP contribution >= 0.6 is 0 Å². The summed E-state index contributed by atoms with van der Waals surface area (Å²) in [6, 6.07) is 9.34. The molecule has 0 aliphatic carbocycles. The van der Waals surface area contributed by atoms with Crippen LogP contribution in [0.3, 0.4) is 0 Å². The monoisotopic (exact) mass is 215 g/mol. The molecule has 16 heavy (non-hydrogen) atoms. The summed E-state index contributed by atoms with van der Waals surface area (Å²) in [6.45, 7) is 2.26. The lowest BCUT2D eigenvalue weighted by Crippen LogP contribution is -2.00. The van der Waals surface area contributed by atoms with Crippen molar-refractivity contribution in [3.8, 4) is 0 Å². The SMILES string of the molecule is CC(=O)c1ccc(NCc2ccn[nH]2)cc1. The molecule has 4 heteroatoms. The van der Waals surface area contributed by atoms with Gasteiger partial charge in [0.1, 0.15) is 0 Å². The first-order valence-corrected chi connectivity index (χ1v) is 5.09. The van der Waals surface area contributed by atoms with E-state index in [1.807, 2.05) is 30.3 Å². The summed E-state index contributed by atoms with van der Waals surface area (Å²) in [5, 5.41) is 9.96. The number of carbonyl (C=O) groups excluding carboxylic acids is 1. The maximum Gasteiger partial charge on any atom is 0.159 e. The third kappa shape index (κ3) is 2.48. The Bertz CT molecular complexity index is 460. The van der Waals surface area contributed by atoms with Crippen molar-refractivity contribution in [1.29, 1.82) is 0 Å². The molecule has 4 nitrogen and oxygen atoms in total. The van der Waals surface area contributed by atoms with Gasteiger partial charge in [-0.05, 0) is 37.3 Å². The fourth-order valence-corrected chi connectivity index (χ4v) is 1.40. The van der Waals surface area contributed by atoms with Gasteiger partial charge in [-0.3, -0.25) is 9.89 Å². The van der Waals surface area contributed by atoms with E-state index in [1.54, 1.807) is 13.1 Å². The van der Waals surface area contributed by atoms with Gasteiger partial charge in [-0.15, -0.1) is 0 Å². The first-order chi connectivity index (χ1) is 7.75. The van der Waals surface area contributed by atoms with Crippen molar-refractivity contribution in [2.24, 2.45) is 0 Å². The number of benzene rings is 1. The molecule has 0 aliphatic rings. The minimum absolute atomic E-state index is 0.0834. The van der Waals surface area contributed by atoms with Gasteiger partial charge in [0.05, 0.1) is 12.2 Å². The largest absolute Gasteiger partial charge is 0.379 e. The van der Waals surface area contributed by atoms with Gasteiger partial charge in [-0.1, -0.05) is 0 Å². The van der Waals surface area contributed by atoms with Gasteiger partial charge in [0, 0.05) is 17.4 Å². The maximum absolute atomic E-state index is 11.1. The van der Waals surface area contributed by atoms with E-state index in [4.69, 9.17) is 0 Å². The van der Waals surface area contributed by atoms with Crippen LogP contribution in [-0.2, 0) is 6.54 Å². The number of rotatable bonds is 4. The zero-order valence-corrected chi connectivity index (χ0v) is 9.03. The van der Waals surface area contributed by atoms with Crippen LogP contribution in [0, 0.1) is 0 Å². The number of nitrogens with zero attached hydrogens (tertiary/aromatic N) is 1. The first kappa shape index (κ1) is 10.4. The number of nitrogens with one attached hydrogen (secondary N) is 2. The lowest BCUT2D eigenvalue weighted by atomic mass is 10.1. The molecule has 0 aliphatic heterocycles. The zero-order chi connectivity index (χ0) is 11.4. The highest BCUT2D eigenvalue weighted by atomic mass is 16.1. The standard InChI is InChI=1S/C12H13N3O/c1-9(16)10-2-4-11(5-3-10)13-8-12-6-7-14-15-12/h2-7,13H,8H2,1H3,(H,14,15). The van der Waals surface area contributed by atoms with Gasteiger partial charge in [-0.25, -0.2) is 0 Å². The van der Waals surface area contributed by atoms with E-state index in [9.17, 15) is 4.79 Å². The Hall–Kier alpha value is -2.10. The number of carbonyl (C=O) groups is 1. The van der Waals surface area contributed by atoms with Gasteiger partial charge < -0.3 is 5.32 Å². The van der Waals surface area contributed by atoms with Crippen molar-refractivity contribution in [2.45, 2.75) is 13.5 Å². The molecule has 1 aromatic heterocycles. The number of Topliss-reactive ketones (excluding diaryl/α,β-unsaturated/α-hetero) is 1. The van der Waals surface area contributed by atoms with Crippen LogP contribution in [0.1, 0.15) is 23.0 Å².